The first-order chi connectivity index (χ1) is 20.1. The summed E-state index contributed by atoms with van der Waals surface area (Å²) in [5.74, 6) is -3.80. The van der Waals surface area contributed by atoms with Crippen molar-refractivity contribution in [3.05, 3.63) is 18.2 Å². The summed E-state index contributed by atoms with van der Waals surface area (Å²) in [5, 5.41) is 18.4. The summed E-state index contributed by atoms with van der Waals surface area (Å²) in [5.41, 5.74) is 5.33. The van der Waals surface area contributed by atoms with Crippen LogP contribution in [0, 0.1) is 0 Å². The minimum absolute atomic E-state index is 0.0220. The van der Waals surface area contributed by atoms with Crippen molar-refractivity contribution in [2.75, 3.05) is 25.7 Å². The molecule has 0 bridgehead atoms. The number of nitrogen functional groups attached to an aromatic ring is 1. The first kappa shape index (κ1) is 34.9. The lowest BCUT2D eigenvalue weighted by atomic mass is 10.2. The maximum atomic E-state index is 13.3. The largest absolute Gasteiger partial charge is 0.510 e. The number of fused-ring (bicyclic) bond motifs is 1. The lowest BCUT2D eigenvalue weighted by molar-refractivity contribution is -0.133. The normalized spacial score (nSPS) is 12.8. The van der Waals surface area contributed by atoms with Crippen LogP contribution in [0.5, 0.6) is 0 Å². The molecule has 0 radical (unpaired) electrons. The fourth-order valence-electron chi connectivity index (χ4n) is 2.99. The monoisotopic (exact) mass is 633 g/mol. The second-order valence-corrected chi connectivity index (χ2v) is 11.0. The Kier molecular flexibility index (Phi) is 12.8. The van der Waals surface area contributed by atoms with E-state index in [0.717, 1.165) is 0 Å². The molecule has 0 unspecified atom stereocenters. The molecule has 19 nitrogen and oxygen atoms in total. The average molecular weight is 634 g/mol. The molecule has 2 heterocycles. The minimum atomic E-state index is -4.23. The van der Waals surface area contributed by atoms with Crippen LogP contribution in [0.15, 0.2) is 12.4 Å². The van der Waals surface area contributed by atoms with E-state index < -0.39 is 81.5 Å². The van der Waals surface area contributed by atoms with E-state index in [0.29, 0.717) is 6.08 Å². The Hall–Kier alpha value is -4.32. The molecular weight excluding hydrogens is 601 g/mol. The second kappa shape index (κ2) is 15.8. The molecule has 0 saturated heterocycles. The highest BCUT2D eigenvalue weighted by molar-refractivity contribution is 7.53. The third-order valence-electron chi connectivity index (χ3n) is 4.72. The third-order valence-corrected chi connectivity index (χ3v) is 6.18. The van der Waals surface area contributed by atoms with Gasteiger partial charge < -0.3 is 44.2 Å². The van der Waals surface area contributed by atoms with Gasteiger partial charge in [-0.3, -0.25) is 13.6 Å². The van der Waals surface area contributed by atoms with Gasteiger partial charge in [0.15, 0.2) is 17.3 Å². The Balaban J connectivity index is 2.16. The maximum absolute atomic E-state index is 13.3. The molecule has 0 aromatic carbocycles. The number of imidazole rings is 1. The zero-order valence-electron chi connectivity index (χ0n) is 23.8. The Labute approximate surface area is 244 Å². The topological polar surface area (TPSA) is 260 Å². The molecule has 1 atom stereocenters. The lowest BCUT2D eigenvalue weighted by Crippen LogP contribution is -2.20. The van der Waals surface area contributed by atoms with Crippen LogP contribution < -0.4 is 5.73 Å². The second-order valence-electron chi connectivity index (χ2n) is 9.04. The first-order valence-electron chi connectivity index (χ1n) is 12.4. The summed E-state index contributed by atoms with van der Waals surface area (Å²) in [6, 6.07) is 0. The van der Waals surface area contributed by atoms with Gasteiger partial charge in [-0.1, -0.05) is 0 Å². The minimum Gasteiger partial charge on any atom is -0.478 e. The maximum Gasteiger partial charge on any atom is 0.510 e. The molecular formula is C23H32N5O14P. The fourth-order valence-corrected chi connectivity index (χ4v) is 4.08. The lowest BCUT2D eigenvalue weighted by Gasteiger charge is -2.21. The van der Waals surface area contributed by atoms with Gasteiger partial charge in [0.05, 0.1) is 31.2 Å². The molecule has 0 fully saturated rings. The first-order valence-corrected chi connectivity index (χ1v) is 14.2. The molecule has 20 heteroatoms. The summed E-state index contributed by atoms with van der Waals surface area (Å²) in [7, 11) is -4.23. The van der Waals surface area contributed by atoms with Crippen molar-refractivity contribution in [3.63, 3.8) is 0 Å². The molecule has 2 rings (SSSR count). The summed E-state index contributed by atoms with van der Waals surface area (Å²) in [6.07, 6.45) is -2.92. The predicted molar refractivity (Wildman–Crippen MR) is 143 cm³/mol. The van der Waals surface area contributed by atoms with Crippen LogP contribution in [-0.2, 0) is 53.4 Å². The molecule has 2 aromatic heterocycles. The number of nitrogens with two attached hydrogens (primary N) is 1. The molecule has 2 aromatic rings. The van der Waals surface area contributed by atoms with Crippen molar-refractivity contribution >= 4 is 54.4 Å². The van der Waals surface area contributed by atoms with E-state index in [4.69, 9.17) is 43.6 Å². The van der Waals surface area contributed by atoms with Crippen molar-refractivity contribution in [1.29, 1.82) is 0 Å². The quantitative estimate of drug-likeness (QED) is 0.104. The van der Waals surface area contributed by atoms with Crippen LogP contribution >= 0.6 is 7.60 Å². The van der Waals surface area contributed by atoms with E-state index >= 15 is 0 Å². The molecule has 4 N–H and O–H groups in total. The van der Waals surface area contributed by atoms with Crippen molar-refractivity contribution in [1.82, 2.24) is 19.5 Å². The number of anilines is 1. The molecule has 0 saturated carbocycles. The van der Waals surface area contributed by atoms with Crippen LogP contribution in [0.2, 0.25) is 0 Å². The van der Waals surface area contributed by atoms with E-state index in [9.17, 15) is 28.8 Å². The molecule has 0 aliphatic heterocycles. The van der Waals surface area contributed by atoms with Gasteiger partial charge in [-0.2, -0.15) is 0 Å². The number of carbonyl (C=O) groups excluding carboxylic acids is 2. The third kappa shape index (κ3) is 11.5. The summed E-state index contributed by atoms with van der Waals surface area (Å²) < 4.78 is 49.5. The molecule has 238 valence electrons. The van der Waals surface area contributed by atoms with Crippen LogP contribution in [-0.4, -0.2) is 92.2 Å². The van der Waals surface area contributed by atoms with E-state index in [2.05, 4.69) is 15.0 Å². The molecule has 0 aliphatic carbocycles. The van der Waals surface area contributed by atoms with Crippen LogP contribution in [0.3, 0.4) is 0 Å². The summed E-state index contributed by atoms with van der Waals surface area (Å²) in [4.78, 5) is 57.9. The average Bonchev–Trinajstić information content (AvgIpc) is 3.28. The number of rotatable bonds is 16. The van der Waals surface area contributed by atoms with E-state index in [1.165, 1.54) is 10.9 Å². The summed E-state index contributed by atoms with van der Waals surface area (Å²) in [6.45, 7) is 6.18. The Morgan fingerprint density at radius 3 is 2.02 bits per heavy atom. The number of aliphatic carboxylic acids is 2. The van der Waals surface area contributed by atoms with Crippen LogP contribution in [0.1, 0.15) is 40.4 Å². The zero-order valence-corrected chi connectivity index (χ0v) is 24.7. The van der Waals surface area contributed by atoms with Gasteiger partial charge in [-0.25, -0.2) is 34.1 Å². The molecule has 0 aliphatic rings. The molecule has 0 amide bonds. The predicted octanol–water partition coefficient (Wildman–Crippen LogP) is 2.59. The zero-order chi connectivity index (χ0) is 32.3. The van der Waals surface area contributed by atoms with Gasteiger partial charge in [0.2, 0.25) is 13.6 Å². The highest BCUT2D eigenvalue weighted by Crippen LogP contribution is 2.48. The van der Waals surface area contributed by atoms with Gasteiger partial charge in [0.25, 0.3) is 0 Å². The fraction of sp³-hybridized carbons (Fsp3) is 0.522. The number of hydrogen-bond donors (Lipinski definition) is 3. The standard InChI is InChI=1S/C23H32N5O14P/c1-12(2)41-22(33)36-9-39-43(35,40-10-37-23(34)42-13(3)4)11-38-14(5)7-28-8-25-17-18(24)26-19(27-20(17)28)15(21(31)32)6-16(29)30/h6,8,12-14H,7,9-11H2,1-5H3,(H,29,30)(H,31,32)(H2,24,26,27)/b15-6+/t14-/m1/s1. The van der Waals surface area contributed by atoms with Crippen molar-refractivity contribution in [2.24, 2.45) is 0 Å². The van der Waals surface area contributed by atoms with Gasteiger partial charge in [-0.15, -0.1) is 0 Å². The number of nitrogens with zero attached hydrogens (tertiary/aromatic N) is 4. The smallest absolute Gasteiger partial charge is 0.478 e. The number of carboxylic acids is 2. The van der Waals surface area contributed by atoms with E-state index in [1.807, 2.05) is 0 Å². The molecule has 43 heavy (non-hydrogen) atoms. The number of aromatic nitrogens is 4. The molecule has 0 spiro atoms. The summed E-state index contributed by atoms with van der Waals surface area (Å²) >= 11 is 0. The van der Waals surface area contributed by atoms with Gasteiger partial charge in [-0.05, 0) is 34.6 Å². The van der Waals surface area contributed by atoms with Crippen molar-refractivity contribution < 1.29 is 66.7 Å². The van der Waals surface area contributed by atoms with Gasteiger partial charge in [0, 0.05) is 6.08 Å². The van der Waals surface area contributed by atoms with Crippen molar-refractivity contribution in [2.45, 2.75) is 59.5 Å². The van der Waals surface area contributed by atoms with Gasteiger partial charge in [0.1, 0.15) is 17.4 Å². The Morgan fingerprint density at radius 2 is 1.53 bits per heavy atom. The highest BCUT2D eigenvalue weighted by atomic mass is 31.2. The van der Waals surface area contributed by atoms with E-state index in [1.54, 1.807) is 34.6 Å². The Bertz CT molecular complexity index is 1360. The van der Waals surface area contributed by atoms with Crippen LogP contribution in [0.25, 0.3) is 16.7 Å². The number of carboxylic acid groups (broad SMARTS) is 2. The number of carbonyl (C=O) groups is 4. The van der Waals surface area contributed by atoms with Crippen molar-refractivity contribution in [3.8, 4) is 0 Å². The highest BCUT2D eigenvalue weighted by Gasteiger charge is 2.29. The van der Waals surface area contributed by atoms with Gasteiger partial charge >= 0.3 is 31.8 Å². The van der Waals surface area contributed by atoms with E-state index in [-0.39, 0.29) is 23.5 Å². The Morgan fingerprint density at radius 1 is 0.977 bits per heavy atom. The SMILES string of the molecule is CC(C)OC(=O)OCOP(=O)(CO[C@H](C)Cn1cnc2c(N)nc(/C(=C\C(=O)O)C(=O)O)nc21)OCOC(=O)OC(C)C. The number of hydrogen-bond acceptors (Lipinski definition) is 16. The van der Waals surface area contributed by atoms with Crippen LogP contribution in [0.4, 0.5) is 15.4 Å². The number of ether oxygens (including phenoxy) is 5.